The fourth-order valence-corrected chi connectivity index (χ4v) is 14.9. The molecule has 0 aliphatic rings. The Morgan fingerprint density at radius 1 is 0.412 bits per heavy atom. The summed E-state index contributed by atoms with van der Waals surface area (Å²) in [4.78, 5) is 0. The van der Waals surface area contributed by atoms with Gasteiger partial charge < -0.3 is 27.1 Å². The zero-order chi connectivity index (χ0) is 84.1. The van der Waals surface area contributed by atoms with Crippen LogP contribution in [0.5, 0.6) is 0 Å². The summed E-state index contributed by atoms with van der Waals surface area (Å²) >= 11 is 0. The Bertz CT molecular complexity index is 2930. The molecule has 0 heterocycles. The van der Waals surface area contributed by atoms with Crippen LogP contribution >= 0.6 is 105 Å². The molecule has 0 saturated heterocycles. The van der Waals surface area contributed by atoms with Crippen molar-refractivity contribution < 1.29 is 89.4 Å². The van der Waals surface area contributed by atoms with Gasteiger partial charge >= 0.3 is 0 Å². The Labute approximate surface area is 774 Å². The van der Waals surface area contributed by atoms with Crippen LogP contribution in [0.3, 0.4) is 0 Å². The molecule has 0 spiro atoms. The summed E-state index contributed by atoms with van der Waals surface area (Å²) in [6, 6.07) is 16.9. The van der Waals surface area contributed by atoms with Gasteiger partial charge in [-0.05, 0) is 110 Å². The number of allylic oxidation sites excluding steroid dienone is 26. The smallest absolute Gasteiger partial charge is 0.0991 e. The molecule has 20 atom stereocenters. The van der Waals surface area contributed by atoms with E-state index in [9.17, 15) is 0 Å². The quantitative estimate of drug-likeness (QED) is 0.0216. The minimum absolute atomic E-state index is 0. The van der Waals surface area contributed by atoms with Gasteiger partial charge in [-0.1, -0.05) is 408 Å². The second-order valence-corrected chi connectivity index (χ2v) is 39.9. The van der Waals surface area contributed by atoms with Crippen molar-refractivity contribution in [2.24, 2.45) is 23.7 Å². The summed E-state index contributed by atoms with van der Waals surface area (Å²) in [6.45, 7) is 37.2. The van der Waals surface area contributed by atoms with Gasteiger partial charge in [0.15, 0.2) is 0 Å². The predicted octanol–water partition coefficient (Wildman–Crippen LogP) is 33.3. The van der Waals surface area contributed by atoms with E-state index in [1.807, 2.05) is 39.8 Å². The molecule has 0 amide bonds. The van der Waals surface area contributed by atoms with Crippen LogP contribution < -0.4 is 0 Å². The minimum Gasteiger partial charge on any atom is -0.358 e. The maximum atomic E-state index is 6.21. The average molecular weight is 2230 g/mol. The Morgan fingerprint density at radius 3 is 1.04 bits per heavy atom. The van der Waals surface area contributed by atoms with Gasteiger partial charge in [0.05, 0.1) is 51.7 Å². The van der Waals surface area contributed by atoms with E-state index < -0.39 is 15.1 Å². The maximum absolute atomic E-state index is 6.21. The molecule has 0 N–H and O–H groups in total. The third-order valence-electron chi connectivity index (χ3n) is 15.9. The Kier molecular flexibility index (Phi) is 108. The number of rotatable bonds is 52. The van der Waals surface area contributed by atoms with Crippen molar-refractivity contribution in [2.45, 2.75) is 262 Å². The molecular formula is C94H154O6P12U2-2. The molecule has 0 aliphatic heterocycles. The molecule has 2 aromatic rings. The van der Waals surface area contributed by atoms with Crippen LogP contribution in [0.4, 0.5) is 0 Å². The van der Waals surface area contributed by atoms with E-state index in [-0.39, 0.29) is 98.9 Å². The van der Waals surface area contributed by atoms with Crippen molar-refractivity contribution in [1.29, 1.82) is 0 Å². The first kappa shape index (κ1) is 125. The van der Waals surface area contributed by atoms with E-state index in [0.717, 1.165) is 103 Å². The van der Waals surface area contributed by atoms with E-state index in [1.54, 1.807) is 0 Å². The van der Waals surface area contributed by atoms with Crippen LogP contribution in [0, 0.1) is 123 Å². The second kappa shape index (κ2) is 98.6. The molecule has 0 fully saturated rings. The Hall–Kier alpha value is 0.164. The van der Waals surface area contributed by atoms with Crippen molar-refractivity contribution in [2.75, 3.05) is 0 Å². The molecule has 20 heteroatoms. The molecule has 20 unspecified atom stereocenters. The number of hydrogen-bond acceptors (Lipinski definition) is 6. The Morgan fingerprint density at radius 2 is 0.746 bits per heavy atom. The molecule has 0 aliphatic carbocycles. The van der Waals surface area contributed by atoms with E-state index in [1.165, 1.54) is 35.1 Å². The first-order chi connectivity index (χ1) is 54.5. The third-order valence-corrected chi connectivity index (χ3v) is 20.7. The first-order valence-corrected chi connectivity index (χ1v) is 56.0. The van der Waals surface area contributed by atoms with Crippen molar-refractivity contribution in [3.63, 3.8) is 0 Å². The van der Waals surface area contributed by atoms with Gasteiger partial charge in [0.25, 0.3) is 0 Å². The van der Waals surface area contributed by atoms with E-state index in [0.29, 0.717) is 53.5 Å². The fourth-order valence-electron chi connectivity index (χ4n) is 9.88. The third kappa shape index (κ3) is 79.4. The normalized spacial score (nSPS) is 14.8. The minimum atomic E-state index is -0.637. The van der Waals surface area contributed by atoms with Crippen molar-refractivity contribution >= 4 is 117 Å². The van der Waals surface area contributed by atoms with Crippen LogP contribution in [-0.2, 0) is 27.1 Å². The summed E-state index contributed by atoms with van der Waals surface area (Å²) in [7, 11) is 20.6. The van der Waals surface area contributed by atoms with E-state index in [2.05, 4.69) is 410 Å². The van der Waals surface area contributed by atoms with Gasteiger partial charge in [-0.2, -0.15) is 0 Å². The number of benzene rings is 2. The summed E-state index contributed by atoms with van der Waals surface area (Å²) in [5.74, 6) is 14.8. The van der Waals surface area contributed by atoms with Crippen molar-refractivity contribution in [3.8, 4) is 23.7 Å². The standard InChI is InChI=1S/2C23H37O2P5.2C22H34OP.2C2H6.2U/c2*1-4-6-8-10-13-19(3)22(24-29-26)18-17-20-14-11-12-15-21(20)23(25-30(27)28)16-9-7-5-2;2*1-4-6-18-21(3)19-15-13-11-9-7-8-10-12-14-16-20-22(23-24)17-5-2;2*1-2;;/h2*8,10-12,14-15,17-19,22-23,29H,4-6,13,16,26-28H2,1-3H3;2*4,6-8,11-16,19-22H,1,5,9-10,17-18,24H2,2-3H3;2*1-2H3;;/q;;2*-1;;;;/b10-8-,18-17+;;6-4-,8-7-,13-11-,14-12-,19-15+,20-16+;;;;;. The largest absolute Gasteiger partial charge is 0.358 e. The van der Waals surface area contributed by atoms with Gasteiger partial charge in [0, 0.05) is 124 Å². The van der Waals surface area contributed by atoms with E-state index >= 15 is 0 Å². The molecule has 0 radical (unpaired) electrons. The van der Waals surface area contributed by atoms with Crippen LogP contribution in [-0.4, -0.2) is 24.4 Å². The van der Waals surface area contributed by atoms with Gasteiger partial charge in [-0.25, -0.2) is 38.2 Å². The van der Waals surface area contributed by atoms with Gasteiger partial charge in [0.1, 0.15) is 0 Å². The first-order valence-electron chi connectivity index (χ1n) is 40.7. The zero-order valence-corrected chi connectivity index (χ0v) is 93.7. The van der Waals surface area contributed by atoms with Crippen molar-refractivity contribution in [1.82, 2.24) is 0 Å². The summed E-state index contributed by atoms with van der Waals surface area (Å²) < 4.78 is 35.1. The topological polar surface area (TPSA) is 55.4 Å². The molecule has 0 bridgehead atoms. The van der Waals surface area contributed by atoms with Crippen LogP contribution in [0.2, 0.25) is 0 Å². The molecule has 2 aromatic carbocycles. The van der Waals surface area contributed by atoms with Gasteiger partial charge in [0.2, 0.25) is 0 Å². The van der Waals surface area contributed by atoms with Crippen molar-refractivity contribution in [3.05, 3.63) is 267 Å². The number of hydrogen-bond donors (Lipinski definition) is 0. The van der Waals surface area contributed by atoms with Crippen LogP contribution in [0.1, 0.15) is 260 Å². The SMILES string of the molecule is CC.CC.CCC#CCC(OP(P)P)c1ccccc1/C=C/C(OPP)C(C)C/C=C\CCC.CCC#CCC(OP(P)P)c1ccccc1C=CC(OPP)C(C)CC=CCCC.[CH2-]/C=C\CC(C)/C=C/C=C\C/C=C\C/C=C\C=C\C(CCC)OP.[CH2-]C=CCC(C)C=CC=CCC=CCC=CC=CC(CCC)OP.[U].[U]. The van der Waals surface area contributed by atoms with Gasteiger partial charge in [-0.3, -0.25) is 0 Å². The maximum Gasteiger partial charge on any atom is 0.0991 e. The zero-order valence-electron chi connectivity index (χ0n) is 72.4. The molecule has 0 saturated carbocycles. The van der Waals surface area contributed by atoms with Crippen LogP contribution in [0.15, 0.2) is 231 Å². The molecule has 636 valence electrons. The number of unbranched alkanes of at least 4 members (excludes halogenated alkanes) is 2. The summed E-state index contributed by atoms with van der Waals surface area (Å²) in [5, 5.41) is 0. The molecule has 2 rings (SSSR count). The molecule has 6 nitrogen and oxygen atoms in total. The summed E-state index contributed by atoms with van der Waals surface area (Å²) in [6.07, 6.45) is 89.3. The molecule has 0 aromatic heterocycles. The molecule has 114 heavy (non-hydrogen) atoms. The second-order valence-electron chi connectivity index (χ2n) is 25.5. The van der Waals surface area contributed by atoms with E-state index in [4.69, 9.17) is 27.1 Å². The van der Waals surface area contributed by atoms with Crippen LogP contribution in [0.25, 0.3) is 12.2 Å². The van der Waals surface area contributed by atoms with Gasteiger partial charge in [-0.15, -0.1) is 23.7 Å². The average Bonchev–Trinajstić information content (AvgIpc) is 0.852. The summed E-state index contributed by atoms with van der Waals surface area (Å²) in [5.41, 5.74) is 4.70. The Balaban J connectivity index is -0.000000336. The fraction of sp³-hybridized carbons (Fsp3) is 0.468. The predicted molar refractivity (Wildman–Crippen MR) is 546 cm³/mol. The monoisotopic (exact) mass is 2230 g/mol. The molecular weight excluding hydrogens is 2070 g/mol.